The van der Waals surface area contributed by atoms with Gasteiger partial charge in [0.15, 0.2) is 0 Å². The summed E-state index contributed by atoms with van der Waals surface area (Å²) in [5.41, 5.74) is -1.18. The third-order valence-electron chi connectivity index (χ3n) is 9.57. The number of benzene rings is 1. The number of aliphatic hydroxyl groups excluding tert-OH is 1. The second-order valence-electron chi connectivity index (χ2n) is 14.8. The molecule has 250 valence electrons. The molecule has 0 unspecified atom stereocenters. The topological polar surface area (TPSA) is 125 Å². The zero-order chi connectivity index (χ0) is 33.3. The number of unbranched alkanes of at least 4 members (excludes halogenated alkanes) is 1. The molecular weight excluding hydrogens is 586 g/mol. The molecule has 0 aliphatic carbocycles. The predicted octanol–water partition coefficient (Wildman–Crippen LogP) is 3.70. The summed E-state index contributed by atoms with van der Waals surface area (Å²) in [4.78, 5) is 59.6. The number of carbonyl (C=O) groups is 4. The van der Waals surface area contributed by atoms with Gasteiger partial charge in [-0.3, -0.25) is 19.2 Å². The van der Waals surface area contributed by atoms with Crippen LogP contribution in [0.3, 0.4) is 0 Å². The fourth-order valence-corrected chi connectivity index (χ4v) is 8.01. The molecule has 1 aromatic carbocycles. The number of hydrogen-bond acceptors (Lipinski definition) is 7. The highest BCUT2D eigenvalue weighted by Crippen LogP contribution is 2.53. The van der Waals surface area contributed by atoms with Gasteiger partial charge in [-0.15, -0.1) is 0 Å². The Balaban J connectivity index is 1.58. The Kier molecular flexibility index (Phi) is 9.80. The van der Waals surface area contributed by atoms with Gasteiger partial charge in [0.25, 0.3) is 0 Å². The van der Waals surface area contributed by atoms with Crippen LogP contribution in [0.5, 0.6) is 0 Å². The highest BCUT2D eigenvalue weighted by molar-refractivity contribution is 6.00. The number of cyclic esters (lactones) is 1. The molecule has 46 heavy (non-hydrogen) atoms. The molecule has 0 saturated carbocycles. The molecule has 0 aromatic heterocycles. The summed E-state index contributed by atoms with van der Waals surface area (Å²) in [6.45, 7) is 11.1. The molecule has 2 N–H and O–H groups in total. The highest BCUT2D eigenvalue weighted by atomic mass is 16.5. The lowest BCUT2D eigenvalue weighted by Crippen LogP contribution is -2.59. The molecule has 1 aromatic rings. The van der Waals surface area contributed by atoms with E-state index in [0.717, 1.165) is 12.0 Å². The normalized spacial score (nSPS) is 31.2. The molecule has 0 radical (unpaired) electrons. The summed E-state index contributed by atoms with van der Waals surface area (Å²) < 4.78 is 12.4. The molecule has 10 nitrogen and oxygen atoms in total. The number of aliphatic hydroxyl groups is 1. The average Bonchev–Trinajstić information content (AvgIpc) is 3.36. The van der Waals surface area contributed by atoms with Gasteiger partial charge in [-0.2, -0.15) is 0 Å². The molecule has 6 atom stereocenters. The lowest BCUT2D eigenvalue weighted by molar-refractivity contribution is -0.152. The van der Waals surface area contributed by atoms with Gasteiger partial charge in [-0.25, -0.2) is 0 Å². The molecule has 1 spiro atoms. The van der Waals surface area contributed by atoms with Crippen LogP contribution in [0.4, 0.5) is 0 Å². The smallest absolute Gasteiger partial charge is 0.306 e. The lowest BCUT2D eigenvalue weighted by Gasteiger charge is -2.44. The van der Waals surface area contributed by atoms with Gasteiger partial charge in [0.2, 0.25) is 17.7 Å². The van der Waals surface area contributed by atoms with Crippen LogP contribution in [0.2, 0.25) is 0 Å². The van der Waals surface area contributed by atoms with Crippen molar-refractivity contribution in [3.8, 4) is 0 Å². The fraction of sp³-hybridized carbons (Fsp3) is 0.611. The number of nitrogens with zero attached hydrogens (tertiary/aromatic N) is 2. The van der Waals surface area contributed by atoms with Crippen molar-refractivity contribution in [2.45, 2.75) is 96.1 Å². The summed E-state index contributed by atoms with van der Waals surface area (Å²) >= 11 is 0. The van der Waals surface area contributed by atoms with Crippen molar-refractivity contribution < 1.29 is 33.8 Å². The Bertz CT molecular complexity index is 1370. The number of rotatable bonds is 7. The molecule has 4 aliphatic heterocycles. The summed E-state index contributed by atoms with van der Waals surface area (Å²) in [5, 5.41) is 12.6. The van der Waals surface area contributed by atoms with Crippen LogP contribution in [0, 0.1) is 17.3 Å². The van der Waals surface area contributed by atoms with E-state index in [1.165, 1.54) is 0 Å². The Morgan fingerprint density at radius 2 is 1.74 bits per heavy atom. The molecule has 2 fully saturated rings. The number of likely N-dealkylation sites (tertiary alicyclic amines) is 1. The summed E-state index contributed by atoms with van der Waals surface area (Å²) in [6.07, 6.45) is 8.78. The maximum absolute atomic E-state index is 14.8. The molecular formula is C36H49N3O7. The van der Waals surface area contributed by atoms with E-state index in [1.807, 2.05) is 47.4 Å². The van der Waals surface area contributed by atoms with E-state index in [-0.39, 0.29) is 49.4 Å². The Morgan fingerprint density at radius 3 is 2.43 bits per heavy atom. The monoisotopic (exact) mass is 635 g/mol. The summed E-state index contributed by atoms with van der Waals surface area (Å²) in [6, 6.07) is 7.68. The minimum atomic E-state index is -1.37. The number of ether oxygens (including phenoxy) is 2. The van der Waals surface area contributed by atoms with Gasteiger partial charge in [-0.05, 0) is 50.5 Å². The van der Waals surface area contributed by atoms with E-state index in [9.17, 15) is 24.3 Å². The third-order valence-corrected chi connectivity index (χ3v) is 9.57. The predicted molar refractivity (Wildman–Crippen MR) is 172 cm³/mol. The van der Waals surface area contributed by atoms with Crippen molar-refractivity contribution in [1.29, 1.82) is 0 Å². The zero-order valence-electron chi connectivity index (χ0n) is 27.7. The standard InChI is InChI=1S/C36H49N3O7/c1-34(2,3)23-35(4,5)39-20-13-18-36-29(32(43)38(19-11-12-21-40)30(36)33(39)44)28-26(46-36)16-9-10-17-27(41)45-22-25(37-31(28)42)24-14-7-6-8-15-24/h6-9,13-16,18,25-26,28-30,40H,10-12,17,19-23H2,1-5H3,(H,37,42)/b16-9-/t25-,26+,28-,29-,30+,36-/m1/s1. The number of amides is 3. The van der Waals surface area contributed by atoms with Crippen molar-refractivity contribution in [3.63, 3.8) is 0 Å². The number of allylic oxidation sites excluding steroid dienone is 1. The van der Waals surface area contributed by atoms with Crippen molar-refractivity contribution in [3.05, 3.63) is 60.2 Å². The average molecular weight is 636 g/mol. The van der Waals surface area contributed by atoms with Crippen molar-refractivity contribution in [2.75, 3.05) is 26.3 Å². The van der Waals surface area contributed by atoms with Crippen LogP contribution in [0.15, 0.2) is 54.6 Å². The minimum absolute atomic E-state index is 0.0281. The number of hydrogen-bond donors (Lipinski definition) is 2. The molecule has 5 rings (SSSR count). The fourth-order valence-electron chi connectivity index (χ4n) is 8.01. The second-order valence-corrected chi connectivity index (χ2v) is 14.8. The van der Waals surface area contributed by atoms with Crippen LogP contribution in [-0.4, -0.2) is 88.2 Å². The van der Waals surface area contributed by atoms with Crippen LogP contribution < -0.4 is 5.32 Å². The van der Waals surface area contributed by atoms with Crippen LogP contribution in [0.25, 0.3) is 0 Å². The molecule has 4 heterocycles. The van der Waals surface area contributed by atoms with Crippen LogP contribution in [0.1, 0.15) is 78.3 Å². The quantitative estimate of drug-likeness (QED) is 0.266. The zero-order valence-corrected chi connectivity index (χ0v) is 27.7. The third kappa shape index (κ3) is 6.65. The Hall–Kier alpha value is -3.50. The SMILES string of the molecule is CC(C)(C)CC(C)(C)N1CC=C[C@@]23O[C@H]4/C=C\CCC(=O)OC[C@H](c5ccccc5)NC(=O)[C@H]4[C@@H]2C(=O)N(CCCCO)[C@H]3C1=O. The first-order valence-corrected chi connectivity index (χ1v) is 16.5. The number of fused-ring (bicyclic) bond motifs is 2. The van der Waals surface area contributed by atoms with Gasteiger partial charge >= 0.3 is 5.97 Å². The first-order valence-electron chi connectivity index (χ1n) is 16.5. The maximum Gasteiger partial charge on any atom is 0.306 e. The van der Waals surface area contributed by atoms with Gasteiger partial charge in [-0.1, -0.05) is 75.4 Å². The Labute approximate surface area is 272 Å². The first kappa shape index (κ1) is 33.9. The summed E-state index contributed by atoms with van der Waals surface area (Å²) in [5.74, 6) is -3.16. The molecule has 4 aliphatic rings. The van der Waals surface area contributed by atoms with Gasteiger partial charge in [0, 0.05) is 31.7 Å². The van der Waals surface area contributed by atoms with E-state index < -0.39 is 47.1 Å². The van der Waals surface area contributed by atoms with Gasteiger partial charge in [0.05, 0.1) is 24.0 Å². The van der Waals surface area contributed by atoms with Gasteiger partial charge < -0.3 is 29.7 Å². The van der Waals surface area contributed by atoms with E-state index in [0.29, 0.717) is 25.8 Å². The van der Waals surface area contributed by atoms with Crippen molar-refractivity contribution in [2.24, 2.45) is 17.3 Å². The molecule has 10 heteroatoms. The van der Waals surface area contributed by atoms with E-state index in [1.54, 1.807) is 17.1 Å². The number of esters is 1. The maximum atomic E-state index is 14.8. The van der Waals surface area contributed by atoms with Crippen LogP contribution in [-0.2, 0) is 28.7 Å². The van der Waals surface area contributed by atoms with E-state index in [2.05, 4.69) is 39.9 Å². The minimum Gasteiger partial charge on any atom is -0.463 e. The highest BCUT2D eigenvalue weighted by Gasteiger charge is 2.71. The number of carbonyl (C=O) groups excluding carboxylic acids is 4. The van der Waals surface area contributed by atoms with Crippen molar-refractivity contribution in [1.82, 2.24) is 15.1 Å². The van der Waals surface area contributed by atoms with E-state index in [4.69, 9.17) is 9.47 Å². The molecule has 2 saturated heterocycles. The Morgan fingerprint density at radius 1 is 1.00 bits per heavy atom. The van der Waals surface area contributed by atoms with Gasteiger partial charge in [0.1, 0.15) is 18.2 Å². The summed E-state index contributed by atoms with van der Waals surface area (Å²) in [7, 11) is 0. The largest absolute Gasteiger partial charge is 0.463 e. The number of nitrogens with one attached hydrogen (secondary N) is 1. The van der Waals surface area contributed by atoms with Crippen molar-refractivity contribution >= 4 is 23.7 Å². The van der Waals surface area contributed by atoms with Crippen LogP contribution >= 0.6 is 0 Å². The van der Waals surface area contributed by atoms with E-state index >= 15 is 0 Å². The first-order chi connectivity index (χ1) is 21.8. The second kappa shape index (κ2) is 13.3. The molecule has 0 bridgehead atoms. The molecule has 3 amide bonds. The lowest BCUT2D eigenvalue weighted by atomic mass is 9.77.